The molecule has 0 saturated heterocycles. The molecule has 0 unspecified atom stereocenters. The van der Waals surface area contributed by atoms with Gasteiger partial charge in [0, 0.05) is 11.5 Å². The molecular weight excluding hydrogens is 335 g/mol. The van der Waals surface area contributed by atoms with Crippen molar-refractivity contribution in [3.63, 3.8) is 0 Å². The van der Waals surface area contributed by atoms with Crippen molar-refractivity contribution in [1.82, 2.24) is 5.16 Å². The van der Waals surface area contributed by atoms with Gasteiger partial charge in [0.25, 0.3) is 10.0 Å². The van der Waals surface area contributed by atoms with Gasteiger partial charge >= 0.3 is 0 Å². The van der Waals surface area contributed by atoms with Gasteiger partial charge in [-0.2, -0.15) is 0 Å². The molecule has 0 bridgehead atoms. The van der Waals surface area contributed by atoms with Crippen LogP contribution in [0.2, 0.25) is 0 Å². The fraction of sp³-hybridized carbons (Fsp3) is 0.188. The highest BCUT2D eigenvalue weighted by Crippen LogP contribution is 2.33. The van der Waals surface area contributed by atoms with Gasteiger partial charge in [-0.15, -0.1) is 0 Å². The molecule has 0 saturated carbocycles. The van der Waals surface area contributed by atoms with Gasteiger partial charge in [0.1, 0.15) is 16.5 Å². The number of nitrogens with one attached hydrogen (secondary N) is 1. The predicted octanol–water partition coefficient (Wildman–Crippen LogP) is 3.34. The van der Waals surface area contributed by atoms with Crippen LogP contribution >= 0.6 is 0 Å². The van der Waals surface area contributed by atoms with Crippen LogP contribution in [0.1, 0.15) is 12.6 Å². The van der Waals surface area contributed by atoms with E-state index in [0.717, 1.165) is 6.07 Å². The highest BCUT2D eigenvalue weighted by Gasteiger charge is 2.21. The Morgan fingerprint density at radius 3 is 2.71 bits per heavy atom. The predicted molar refractivity (Wildman–Crippen MR) is 87.1 cm³/mol. The number of methoxy groups -OCH3 is 1. The van der Waals surface area contributed by atoms with Crippen LogP contribution in [0.4, 0.5) is 10.1 Å². The van der Waals surface area contributed by atoms with E-state index in [2.05, 4.69) is 9.88 Å². The minimum Gasteiger partial charge on any atom is -0.494 e. The molecule has 6 nitrogen and oxygen atoms in total. The molecule has 24 heavy (non-hydrogen) atoms. The quantitative estimate of drug-likeness (QED) is 0.763. The Kier molecular flexibility index (Phi) is 4.15. The van der Waals surface area contributed by atoms with Gasteiger partial charge in [-0.25, -0.2) is 12.8 Å². The van der Waals surface area contributed by atoms with Crippen molar-refractivity contribution in [2.45, 2.75) is 18.2 Å². The molecule has 126 valence electrons. The highest BCUT2D eigenvalue weighted by molar-refractivity contribution is 7.92. The lowest BCUT2D eigenvalue weighted by molar-refractivity contribution is 0.413. The number of ether oxygens (including phenoxy) is 1. The highest BCUT2D eigenvalue weighted by atomic mass is 32.2. The summed E-state index contributed by atoms with van der Waals surface area (Å²) in [6.07, 6.45) is 0.624. The van der Waals surface area contributed by atoms with E-state index in [9.17, 15) is 12.8 Å². The molecule has 0 amide bonds. The molecule has 3 rings (SSSR count). The number of rotatable bonds is 5. The number of benzene rings is 2. The summed E-state index contributed by atoms with van der Waals surface area (Å²) in [4.78, 5) is -0.437. The molecule has 0 spiro atoms. The van der Waals surface area contributed by atoms with Crippen LogP contribution in [0.15, 0.2) is 45.8 Å². The lowest BCUT2D eigenvalue weighted by Gasteiger charge is -2.12. The number of fused-ring (bicyclic) bond motifs is 1. The number of nitrogens with zero attached hydrogens (tertiary/aromatic N) is 1. The summed E-state index contributed by atoms with van der Waals surface area (Å²) in [5.41, 5.74) is 1.36. The average Bonchev–Trinajstić information content (AvgIpc) is 2.95. The molecule has 0 radical (unpaired) electrons. The number of hydrogen-bond acceptors (Lipinski definition) is 5. The second-order valence-electron chi connectivity index (χ2n) is 5.07. The van der Waals surface area contributed by atoms with Crippen molar-refractivity contribution in [2.75, 3.05) is 11.8 Å². The standard InChI is InChI=1S/C16H15FN2O4S/c1-3-12-10-8-13(15(22-2)9-14(10)23-18-12)19-24(20,21)16-7-5-4-6-11(16)17/h4-9,19H,3H2,1-2H3. The van der Waals surface area contributed by atoms with E-state index < -0.39 is 20.7 Å². The van der Waals surface area contributed by atoms with E-state index >= 15 is 0 Å². The zero-order valence-corrected chi connectivity index (χ0v) is 13.9. The Hall–Kier alpha value is -2.61. The monoisotopic (exact) mass is 350 g/mol. The van der Waals surface area contributed by atoms with E-state index in [0.29, 0.717) is 23.1 Å². The minimum atomic E-state index is -4.10. The molecule has 1 N–H and O–H groups in total. The first-order chi connectivity index (χ1) is 11.5. The summed E-state index contributed by atoms with van der Waals surface area (Å²) in [5, 5.41) is 4.60. The van der Waals surface area contributed by atoms with Crippen LogP contribution in [0.5, 0.6) is 5.75 Å². The van der Waals surface area contributed by atoms with Crippen LogP contribution in [0, 0.1) is 5.82 Å². The third-order valence-electron chi connectivity index (χ3n) is 3.57. The fourth-order valence-electron chi connectivity index (χ4n) is 2.38. The van der Waals surface area contributed by atoms with Gasteiger partial charge in [0.15, 0.2) is 5.58 Å². The van der Waals surface area contributed by atoms with Crippen LogP contribution < -0.4 is 9.46 Å². The first-order valence-electron chi connectivity index (χ1n) is 7.20. The number of halogens is 1. The Morgan fingerprint density at radius 1 is 1.29 bits per heavy atom. The minimum absolute atomic E-state index is 0.186. The Bertz CT molecular complexity index is 998. The third-order valence-corrected chi connectivity index (χ3v) is 4.97. The van der Waals surface area contributed by atoms with Crippen molar-refractivity contribution < 1.29 is 22.1 Å². The average molecular weight is 350 g/mol. The molecular formula is C16H15FN2O4S. The number of anilines is 1. The van der Waals surface area contributed by atoms with Gasteiger partial charge < -0.3 is 9.26 Å². The maximum absolute atomic E-state index is 13.8. The molecule has 0 aliphatic rings. The lowest BCUT2D eigenvalue weighted by Crippen LogP contribution is -2.15. The lowest BCUT2D eigenvalue weighted by atomic mass is 10.1. The Labute approximate surface area is 138 Å². The van der Waals surface area contributed by atoms with Gasteiger partial charge in [-0.3, -0.25) is 4.72 Å². The number of aryl methyl sites for hydroxylation is 1. The largest absolute Gasteiger partial charge is 0.494 e. The third kappa shape index (κ3) is 2.80. The first-order valence-corrected chi connectivity index (χ1v) is 8.68. The van der Waals surface area contributed by atoms with Crippen LogP contribution in [0.25, 0.3) is 11.0 Å². The van der Waals surface area contributed by atoms with E-state index in [4.69, 9.17) is 9.26 Å². The zero-order valence-electron chi connectivity index (χ0n) is 13.0. The summed E-state index contributed by atoms with van der Waals surface area (Å²) < 4.78 is 51.5. The molecule has 1 heterocycles. The van der Waals surface area contributed by atoms with Crippen molar-refractivity contribution in [3.8, 4) is 5.75 Å². The molecule has 8 heteroatoms. The van der Waals surface area contributed by atoms with Crippen molar-refractivity contribution in [1.29, 1.82) is 0 Å². The number of hydrogen-bond donors (Lipinski definition) is 1. The SMILES string of the molecule is CCc1noc2cc(OC)c(NS(=O)(=O)c3ccccc3F)cc12. The second-order valence-corrected chi connectivity index (χ2v) is 6.72. The molecule has 3 aromatic rings. The molecule has 1 aromatic heterocycles. The molecule has 0 aliphatic carbocycles. The number of sulfonamides is 1. The smallest absolute Gasteiger partial charge is 0.264 e. The molecule has 0 fully saturated rings. The van der Waals surface area contributed by atoms with E-state index in [1.54, 1.807) is 12.1 Å². The normalized spacial score (nSPS) is 11.6. The van der Waals surface area contributed by atoms with Crippen LogP contribution in [-0.4, -0.2) is 20.7 Å². The molecule has 0 aliphatic heterocycles. The van der Waals surface area contributed by atoms with Gasteiger partial charge in [0.2, 0.25) is 0 Å². The van der Waals surface area contributed by atoms with Crippen LogP contribution in [-0.2, 0) is 16.4 Å². The summed E-state index contributed by atoms with van der Waals surface area (Å²) in [6, 6.07) is 8.27. The van der Waals surface area contributed by atoms with Crippen molar-refractivity contribution in [3.05, 3.63) is 47.9 Å². The van der Waals surface area contributed by atoms with Crippen molar-refractivity contribution >= 4 is 26.7 Å². The van der Waals surface area contributed by atoms with E-state index in [1.165, 1.54) is 25.3 Å². The Morgan fingerprint density at radius 2 is 2.04 bits per heavy atom. The first kappa shape index (κ1) is 16.3. The fourth-order valence-corrected chi connectivity index (χ4v) is 3.52. The maximum atomic E-state index is 13.8. The zero-order chi connectivity index (χ0) is 17.3. The molecule has 2 aromatic carbocycles. The summed E-state index contributed by atoms with van der Waals surface area (Å²) >= 11 is 0. The summed E-state index contributed by atoms with van der Waals surface area (Å²) in [5.74, 6) is -0.578. The molecule has 0 atom stereocenters. The second kappa shape index (κ2) is 6.12. The van der Waals surface area contributed by atoms with Crippen LogP contribution in [0.3, 0.4) is 0 Å². The summed E-state index contributed by atoms with van der Waals surface area (Å²) in [7, 11) is -2.70. The Balaban J connectivity index is 2.10. The van der Waals surface area contributed by atoms with Crippen molar-refractivity contribution in [2.24, 2.45) is 0 Å². The van der Waals surface area contributed by atoms with Gasteiger partial charge in [-0.1, -0.05) is 24.2 Å². The van der Waals surface area contributed by atoms with E-state index in [-0.39, 0.29) is 11.4 Å². The van der Waals surface area contributed by atoms with Gasteiger partial charge in [-0.05, 0) is 24.6 Å². The van der Waals surface area contributed by atoms with Gasteiger partial charge in [0.05, 0.1) is 18.5 Å². The summed E-state index contributed by atoms with van der Waals surface area (Å²) in [6.45, 7) is 1.91. The number of aromatic nitrogens is 1. The topological polar surface area (TPSA) is 81.4 Å². The van der Waals surface area contributed by atoms with E-state index in [1.807, 2.05) is 6.92 Å². The maximum Gasteiger partial charge on any atom is 0.264 e.